The summed E-state index contributed by atoms with van der Waals surface area (Å²) >= 11 is 1.39. The Balaban J connectivity index is 1.85. The Bertz CT molecular complexity index is 1240. The number of aromatic nitrogens is 1. The van der Waals surface area contributed by atoms with Crippen molar-refractivity contribution in [1.82, 2.24) is 14.8 Å². The molecule has 0 spiro atoms. The molecule has 1 atom stereocenters. The van der Waals surface area contributed by atoms with Gasteiger partial charge in [-0.1, -0.05) is 42.5 Å². The molecule has 2 aromatic carbocycles. The fraction of sp³-hybridized carbons (Fsp3) is 0.240. The Morgan fingerprint density at radius 2 is 1.88 bits per heavy atom. The number of likely N-dealkylation sites (tertiary alicyclic amines) is 1. The molecule has 4 rings (SSSR count). The van der Waals surface area contributed by atoms with Crippen molar-refractivity contribution in [2.24, 2.45) is 0 Å². The summed E-state index contributed by atoms with van der Waals surface area (Å²) < 4.78 is 14.1. The number of rotatable bonds is 6. The summed E-state index contributed by atoms with van der Waals surface area (Å²) in [6, 6.07) is 14.4. The highest BCUT2D eigenvalue weighted by Crippen LogP contribution is 2.41. The van der Waals surface area contributed by atoms with Crippen molar-refractivity contribution in [2.75, 3.05) is 27.2 Å². The largest absolute Gasteiger partial charge is 0.505 e. The molecule has 1 aliphatic rings. The van der Waals surface area contributed by atoms with Gasteiger partial charge in [0.2, 0.25) is 0 Å². The Morgan fingerprint density at radius 1 is 1.15 bits per heavy atom. The highest BCUT2D eigenvalue weighted by atomic mass is 32.1. The van der Waals surface area contributed by atoms with Gasteiger partial charge in [-0.15, -0.1) is 11.3 Å². The molecule has 1 saturated heterocycles. The molecule has 8 heteroatoms. The third-order valence-electron chi connectivity index (χ3n) is 5.53. The standard InChI is InChI=1S/C25H24FN3O3S/c1-15-20(27-24(33-15)16-8-5-4-6-9-16)22(30)19-21(17-10-7-11-18(26)14-17)29(13-12-28(2)3)25(32)23(19)31/h4-11,14,21,30H,12-13H2,1-3H3/b22-19+. The van der Waals surface area contributed by atoms with Crippen LogP contribution in [-0.4, -0.2) is 58.8 Å². The minimum atomic E-state index is -0.901. The molecule has 1 N–H and O–H groups in total. The molecule has 1 aliphatic heterocycles. The maximum atomic E-state index is 14.1. The summed E-state index contributed by atoms with van der Waals surface area (Å²) in [5.41, 5.74) is 1.49. The van der Waals surface area contributed by atoms with Gasteiger partial charge in [-0.3, -0.25) is 9.59 Å². The van der Waals surface area contributed by atoms with E-state index in [0.717, 1.165) is 5.56 Å². The summed E-state index contributed by atoms with van der Waals surface area (Å²) in [6.07, 6.45) is 0. The Hall–Kier alpha value is -3.36. The molecule has 2 heterocycles. The molecular weight excluding hydrogens is 441 g/mol. The monoisotopic (exact) mass is 465 g/mol. The topological polar surface area (TPSA) is 73.7 Å². The lowest BCUT2D eigenvalue weighted by molar-refractivity contribution is -0.140. The smallest absolute Gasteiger partial charge is 0.295 e. The van der Waals surface area contributed by atoms with Gasteiger partial charge in [-0.05, 0) is 38.7 Å². The molecule has 0 radical (unpaired) electrons. The predicted octanol–water partition coefficient (Wildman–Crippen LogP) is 4.24. The number of benzene rings is 2. The van der Waals surface area contributed by atoms with Gasteiger partial charge >= 0.3 is 0 Å². The number of likely N-dealkylation sites (N-methyl/N-ethyl adjacent to an activating group) is 1. The zero-order valence-corrected chi connectivity index (χ0v) is 19.4. The molecule has 0 saturated carbocycles. The first-order valence-electron chi connectivity index (χ1n) is 10.5. The first-order valence-corrected chi connectivity index (χ1v) is 11.3. The van der Waals surface area contributed by atoms with Gasteiger partial charge in [0.25, 0.3) is 11.7 Å². The number of hydrogen-bond donors (Lipinski definition) is 1. The molecule has 3 aromatic rings. The number of carbonyl (C=O) groups is 2. The van der Waals surface area contributed by atoms with E-state index in [-0.39, 0.29) is 23.6 Å². The number of aliphatic hydroxyl groups is 1. The fourth-order valence-electron chi connectivity index (χ4n) is 3.89. The van der Waals surface area contributed by atoms with Crippen molar-refractivity contribution in [3.63, 3.8) is 0 Å². The van der Waals surface area contributed by atoms with E-state index >= 15 is 0 Å². The van der Waals surface area contributed by atoms with Crippen LogP contribution in [0.1, 0.15) is 22.2 Å². The summed E-state index contributed by atoms with van der Waals surface area (Å²) in [5.74, 6) is -2.34. The first-order chi connectivity index (χ1) is 15.8. The normalized spacial score (nSPS) is 17.8. The zero-order chi connectivity index (χ0) is 23.7. The molecule has 1 unspecified atom stereocenters. The molecule has 1 fully saturated rings. The second-order valence-corrected chi connectivity index (χ2v) is 9.34. The number of hydrogen-bond acceptors (Lipinski definition) is 6. The van der Waals surface area contributed by atoms with Crippen LogP contribution in [0.3, 0.4) is 0 Å². The number of nitrogens with zero attached hydrogens (tertiary/aromatic N) is 3. The van der Waals surface area contributed by atoms with Crippen molar-refractivity contribution in [3.05, 3.63) is 82.1 Å². The van der Waals surface area contributed by atoms with Crippen LogP contribution in [0.4, 0.5) is 4.39 Å². The van der Waals surface area contributed by atoms with Crippen molar-refractivity contribution in [1.29, 1.82) is 0 Å². The number of aryl methyl sites for hydroxylation is 1. The SMILES string of the molecule is Cc1sc(-c2ccccc2)nc1/C(O)=C1\C(=O)C(=O)N(CCN(C)C)C1c1cccc(F)c1. The lowest BCUT2D eigenvalue weighted by Crippen LogP contribution is -2.35. The summed E-state index contributed by atoms with van der Waals surface area (Å²) in [7, 11) is 3.72. The number of halogens is 1. The summed E-state index contributed by atoms with van der Waals surface area (Å²) in [4.78, 5) is 34.6. The van der Waals surface area contributed by atoms with Crippen LogP contribution in [0.2, 0.25) is 0 Å². The maximum absolute atomic E-state index is 14.1. The Labute approximate surface area is 195 Å². The minimum absolute atomic E-state index is 0.0719. The van der Waals surface area contributed by atoms with Crippen molar-refractivity contribution in [2.45, 2.75) is 13.0 Å². The quantitative estimate of drug-likeness (QED) is 0.335. The molecule has 170 valence electrons. The van der Waals surface area contributed by atoms with Gasteiger partial charge in [-0.2, -0.15) is 0 Å². The van der Waals surface area contributed by atoms with E-state index in [9.17, 15) is 19.1 Å². The van der Waals surface area contributed by atoms with Gasteiger partial charge in [0, 0.05) is 23.5 Å². The van der Waals surface area contributed by atoms with Crippen LogP contribution < -0.4 is 0 Å². The lowest BCUT2D eigenvalue weighted by atomic mass is 9.96. The molecule has 0 bridgehead atoms. The number of ketones is 1. The molecular formula is C25H24FN3O3S. The second kappa shape index (κ2) is 9.25. The van der Waals surface area contributed by atoms with E-state index in [4.69, 9.17) is 0 Å². The van der Waals surface area contributed by atoms with E-state index in [1.54, 1.807) is 13.0 Å². The number of Topliss-reactive ketones (excluding diaryl/α,β-unsaturated/α-hetero) is 1. The summed E-state index contributed by atoms with van der Waals surface area (Å²) in [6.45, 7) is 2.56. The van der Waals surface area contributed by atoms with Crippen LogP contribution in [0.25, 0.3) is 16.3 Å². The van der Waals surface area contributed by atoms with Crippen LogP contribution >= 0.6 is 11.3 Å². The van der Waals surface area contributed by atoms with Crippen LogP contribution in [0.5, 0.6) is 0 Å². The Kier molecular flexibility index (Phi) is 6.40. The highest BCUT2D eigenvalue weighted by molar-refractivity contribution is 7.15. The van der Waals surface area contributed by atoms with Crippen molar-refractivity contribution in [3.8, 4) is 10.6 Å². The van der Waals surface area contributed by atoms with E-state index in [2.05, 4.69) is 4.98 Å². The molecule has 0 aliphatic carbocycles. The van der Waals surface area contributed by atoms with Crippen LogP contribution in [-0.2, 0) is 9.59 Å². The maximum Gasteiger partial charge on any atom is 0.295 e. The van der Waals surface area contributed by atoms with E-state index in [0.29, 0.717) is 22.0 Å². The van der Waals surface area contributed by atoms with E-state index in [1.807, 2.05) is 49.3 Å². The van der Waals surface area contributed by atoms with Gasteiger partial charge < -0.3 is 14.9 Å². The van der Waals surface area contributed by atoms with Crippen LogP contribution in [0, 0.1) is 12.7 Å². The van der Waals surface area contributed by atoms with Gasteiger partial charge in [-0.25, -0.2) is 9.37 Å². The zero-order valence-electron chi connectivity index (χ0n) is 18.6. The van der Waals surface area contributed by atoms with E-state index < -0.39 is 23.5 Å². The number of thiazole rings is 1. The second-order valence-electron chi connectivity index (χ2n) is 8.14. The molecule has 33 heavy (non-hydrogen) atoms. The van der Waals surface area contributed by atoms with Crippen molar-refractivity contribution < 1.29 is 19.1 Å². The number of carbonyl (C=O) groups excluding carboxylic acids is 2. The predicted molar refractivity (Wildman–Crippen MR) is 126 cm³/mol. The molecule has 6 nitrogen and oxygen atoms in total. The van der Waals surface area contributed by atoms with Crippen LogP contribution in [0.15, 0.2) is 60.2 Å². The number of aliphatic hydroxyl groups excluding tert-OH is 1. The van der Waals surface area contributed by atoms with Gasteiger partial charge in [0.05, 0.1) is 11.6 Å². The molecule has 1 aromatic heterocycles. The third-order valence-corrected chi connectivity index (χ3v) is 6.55. The average molecular weight is 466 g/mol. The van der Waals surface area contributed by atoms with E-state index in [1.165, 1.54) is 34.4 Å². The highest BCUT2D eigenvalue weighted by Gasteiger charge is 2.46. The van der Waals surface area contributed by atoms with Crippen molar-refractivity contribution >= 4 is 28.8 Å². The van der Waals surface area contributed by atoms with Gasteiger partial charge in [0.15, 0.2) is 5.76 Å². The molecule has 1 amide bonds. The first kappa shape index (κ1) is 22.8. The fourth-order valence-corrected chi connectivity index (χ4v) is 4.81. The Morgan fingerprint density at radius 3 is 2.55 bits per heavy atom. The minimum Gasteiger partial charge on any atom is -0.505 e. The number of amides is 1. The van der Waals surface area contributed by atoms with Gasteiger partial charge in [0.1, 0.15) is 16.5 Å². The average Bonchev–Trinajstić information content (AvgIpc) is 3.30. The third kappa shape index (κ3) is 4.44. The summed E-state index contributed by atoms with van der Waals surface area (Å²) in [5, 5.41) is 12.0. The lowest BCUT2D eigenvalue weighted by Gasteiger charge is -2.26.